The van der Waals surface area contributed by atoms with Crippen molar-refractivity contribution in [2.45, 2.75) is 12.3 Å². The van der Waals surface area contributed by atoms with E-state index < -0.39 is 0 Å². The Morgan fingerprint density at radius 1 is 1.00 bits per heavy atom. The molecule has 0 heterocycles. The minimum absolute atomic E-state index is 0.0516. The molecule has 0 aromatic heterocycles. The molecule has 0 bridgehead atoms. The van der Waals surface area contributed by atoms with Crippen LogP contribution in [0.5, 0.6) is 0 Å². The summed E-state index contributed by atoms with van der Waals surface area (Å²) in [6.45, 7) is 0. The van der Waals surface area contributed by atoms with Crippen LogP contribution in [0.1, 0.15) is 28.3 Å². The monoisotopic (exact) mass is 240 g/mol. The normalized spacial score (nSPS) is 21.6. The maximum atomic E-state index is 13.6. The molecule has 1 aliphatic rings. The number of benzene rings is 2. The highest BCUT2D eigenvalue weighted by atomic mass is 19.1. The summed E-state index contributed by atoms with van der Waals surface area (Å²) >= 11 is 0. The van der Waals surface area contributed by atoms with Gasteiger partial charge in [-0.2, -0.15) is 0 Å². The molecule has 2 unspecified atom stereocenters. The first-order valence-corrected chi connectivity index (χ1v) is 6.11. The minimum atomic E-state index is -0.203. The Labute approximate surface area is 105 Å². The van der Waals surface area contributed by atoms with Crippen molar-refractivity contribution in [3.05, 3.63) is 71.5 Å². The van der Waals surface area contributed by atoms with Gasteiger partial charge in [-0.1, -0.05) is 48.5 Å². The fourth-order valence-corrected chi connectivity index (χ4v) is 2.42. The van der Waals surface area contributed by atoms with E-state index in [4.69, 9.17) is 0 Å². The van der Waals surface area contributed by atoms with Crippen LogP contribution in [0.25, 0.3) is 0 Å². The summed E-state index contributed by atoms with van der Waals surface area (Å²) in [5.41, 5.74) is 1.40. The number of halogens is 1. The van der Waals surface area contributed by atoms with Gasteiger partial charge in [0.2, 0.25) is 0 Å². The molecule has 0 spiro atoms. The van der Waals surface area contributed by atoms with Crippen LogP contribution in [0.15, 0.2) is 54.6 Å². The Bertz CT molecular complexity index is 577. The van der Waals surface area contributed by atoms with Gasteiger partial charge in [0, 0.05) is 11.5 Å². The summed E-state index contributed by atoms with van der Waals surface area (Å²) in [5, 5.41) is 0. The van der Waals surface area contributed by atoms with Crippen LogP contribution < -0.4 is 0 Å². The Hall–Kier alpha value is -1.96. The van der Waals surface area contributed by atoms with Gasteiger partial charge < -0.3 is 0 Å². The lowest BCUT2D eigenvalue weighted by molar-refractivity contribution is 0.0965. The summed E-state index contributed by atoms with van der Waals surface area (Å²) in [6.07, 6.45) is 0.759. The fourth-order valence-electron chi connectivity index (χ4n) is 2.42. The minimum Gasteiger partial charge on any atom is -0.294 e. The number of hydrogen-bond donors (Lipinski definition) is 0. The van der Waals surface area contributed by atoms with Crippen molar-refractivity contribution in [3.63, 3.8) is 0 Å². The Balaban J connectivity index is 1.79. The highest BCUT2D eigenvalue weighted by Gasteiger charge is 2.45. The molecule has 3 rings (SSSR count). The molecule has 2 heteroatoms. The number of rotatable bonds is 3. The van der Waals surface area contributed by atoms with Gasteiger partial charge in [-0.05, 0) is 24.0 Å². The van der Waals surface area contributed by atoms with Gasteiger partial charge >= 0.3 is 0 Å². The molecule has 1 nitrogen and oxygen atoms in total. The fraction of sp³-hybridized carbons (Fsp3) is 0.188. The molecule has 0 aliphatic heterocycles. The summed E-state index contributed by atoms with van der Waals surface area (Å²) < 4.78 is 13.6. The Kier molecular flexibility index (Phi) is 2.71. The molecule has 90 valence electrons. The Morgan fingerprint density at radius 3 is 2.39 bits per heavy atom. The highest BCUT2D eigenvalue weighted by Crippen LogP contribution is 2.49. The van der Waals surface area contributed by atoms with E-state index in [1.807, 2.05) is 36.4 Å². The second-order valence-electron chi connectivity index (χ2n) is 4.70. The standard InChI is InChI=1S/C16H13FO/c17-15-9-5-4-8-12(15)13-10-14(13)16(18)11-6-2-1-3-7-11/h1-9,13-14H,10H2. The van der Waals surface area contributed by atoms with Crippen molar-refractivity contribution in [1.29, 1.82) is 0 Å². The largest absolute Gasteiger partial charge is 0.294 e. The second-order valence-corrected chi connectivity index (χ2v) is 4.70. The third-order valence-electron chi connectivity index (χ3n) is 3.49. The van der Waals surface area contributed by atoms with E-state index in [0.29, 0.717) is 5.56 Å². The van der Waals surface area contributed by atoms with Crippen LogP contribution >= 0.6 is 0 Å². The number of ketones is 1. The smallest absolute Gasteiger partial charge is 0.166 e. The number of hydrogen-bond acceptors (Lipinski definition) is 1. The molecule has 1 saturated carbocycles. The van der Waals surface area contributed by atoms with E-state index in [-0.39, 0.29) is 23.4 Å². The number of carbonyl (C=O) groups excluding carboxylic acids is 1. The van der Waals surface area contributed by atoms with Crippen LogP contribution in [0.4, 0.5) is 4.39 Å². The third-order valence-corrected chi connectivity index (χ3v) is 3.49. The predicted octanol–water partition coefficient (Wildman–Crippen LogP) is 3.81. The van der Waals surface area contributed by atoms with Crippen molar-refractivity contribution < 1.29 is 9.18 Å². The quantitative estimate of drug-likeness (QED) is 0.745. The topological polar surface area (TPSA) is 17.1 Å². The zero-order chi connectivity index (χ0) is 12.5. The zero-order valence-electron chi connectivity index (χ0n) is 9.84. The molecule has 0 amide bonds. The molecular weight excluding hydrogens is 227 g/mol. The van der Waals surface area contributed by atoms with Gasteiger partial charge in [-0.3, -0.25) is 4.79 Å². The second kappa shape index (κ2) is 4.37. The third kappa shape index (κ3) is 1.94. The van der Waals surface area contributed by atoms with E-state index in [9.17, 15) is 9.18 Å². The first-order chi connectivity index (χ1) is 8.77. The van der Waals surface area contributed by atoms with Gasteiger partial charge in [0.15, 0.2) is 5.78 Å². The van der Waals surface area contributed by atoms with Gasteiger partial charge in [-0.15, -0.1) is 0 Å². The molecule has 1 aliphatic carbocycles. The zero-order valence-corrected chi connectivity index (χ0v) is 9.84. The van der Waals surface area contributed by atoms with Crippen LogP contribution in [0, 0.1) is 11.7 Å². The van der Waals surface area contributed by atoms with Crippen LogP contribution in [0.3, 0.4) is 0 Å². The lowest BCUT2D eigenvalue weighted by Crippen LogP contribution is -2.03. The first kappa shape index (κ1) is 11.1. The molecule has 2 aromatic carbocycles. The van der Waals surface area contributed by atoms with Crippen LogP contribution in [-0.2, 0) is 0 Å². The maximum Gasteiger partial charge on any atom is 0.166 e. The van der Waals surface area contributed by atoms with E-state index in [1.54, 1.807) is 12.1 Å². The maximum absolute atomic E-state index is 13.6. The Morgan fingerprint density at radius 2 is 1.67 bits per heavy atom. The first-order valence-electron chi connectivity index (χ1n) is 6.11. The van der Waals surface area contributed by atoms with E-state index in [0.717, 1.165) is 12.0 Å². The lowest BCUT2D eigenvalue weighted by Gasteiger charge is -2.02. The summed E-state index contributed by atoms with van der Waals surface area (Å²) in [5.74, 6) is -0.0714. The van der Waals surface area contributed by atoms with Crippen molar-refractivity contribution in [2.75, 3.05) is 0 Å². The molecule has 1 fully saturated rings. The summed E-state index contributed by atoms with van der Waals surface area (Å²) in [6, 6.07) is 16.0. The average Bonchev–Trinajstić information content (AvgIpc) is 3.20. The lowest BCUT2D eigenvalue weighted by atomic mass is 10.0. The van der Waals surface area contributed by atoms with E-state index in [2.05, 4.69) is 0 Å². The highest BCUT2D eigenvalue weighted by molar-refractivity contribution is 6.00. The average molecular weight is 240 g/mol. The van der Waals surface area contributed by atoms with E-state index >= 15 is 0 Å². The summed E-state index contributed by atoms with van der Waals surface area (Å²) in [4.78, 5) is 12.2. The molecule has 2 aromatic rings. The van der Waals surface area contributed by atoms with Gasteiger partial charge in [-0.25, -0.2) is 4.39 Å². The van der Waals surface area contributed by atoms with Crippen molar-refractivity contribution in [1.82, 2.24) is 0 Å². The van der Waals surface area contributed by atoms with Crippen molar-refractivity contribution >= 4 is 5.78 Å². The predicted molar refractivity (Wildman–Crippen MR) is 68.0 cm³/mol. The molecule has 0 radical (unpaired) electrons. The van der Waals surface area contributed by atoms with Crippen molar-refractivity contribution in [2.24, 2.45) is 5.92 Å². The SMILES string of the molecule is O=C(c1ccccc1)C1CC1c1ccccc1F. The number of Topliss-reactive ketones (excluding diaryl/α,β-unsaturated/α-hetero) is 1. The number of carbonyl (C=O) groups is 1. The molecule has 0 N–H and O–H groups in total. The molecule has 18 heavy (non-hydrogen) atoms. The van der Waals surface area contributed by atoms with E-state index in [1.165, 1.54) is 6.07 Å². The van der Waals surface area contributed by atoms with Crippen LogP contribution in [0.2, 0.25) is 0 Å². The van der Waals surface area contributed by atoms with Crippen molar-refractivity contribution in [3.8, 4) is 0 Å². The van der Waals surface area contributed by atoms with Crippen LogP contribution in [-0.4, -0.2) is 5.78 Å². The van der Waals surface area contributed by atoms with Gasteiger partial charge in [0.05, 0.1) is 0 Å². The summed E-state index contributed by atoms with van der Waals surface area (Å²) in [7, 11) is 0. The molecule has 2 atom stereocenters. The molecule has 0 saturated heterocycles. The van der Waals surface area contributed by atoms with Gasteiger partial charge in [0.1, 0.15) is 5.82 Å². The molecular formula is C16H13FO. The van der Waals surface area contributed by atoms with Gasteiger partial charge in [0.25, 0.3) is 0 Å².